The molecule has 2 aliphatic heterocycles. The van der Waals surface area contributed by atoms with Gasteiger partial charge in [0.15, 0.2) is 0 Å². The number of amides is 1. The highest BCUT2D eigenvalue weighted by molar-refractivity contribution is 7.86. The van der Waals surface area contributed by atoms with E-state index in [1.54, 1.807) is 12.1 Å². The molecule has 12 heteroatoms. The molecule has 0 aliphatic carbocycles. The van der Waals surface area contributed by atoms with Crippen LogP contribution in [0.5, 0.6) is 0 Å². The van der Waals surface area contributed by atoms with Crippen LogP contribution in [0.1, 0.15) is 30.9 Å². The number of hydrogen-bond acceptors (Lipinski definition) is 7. The van der Waals surface area contributed by atoms with Crippen LogP contribution in [0.15, 0.2) is 68.8 Å². The summed E-state index contributed by atoms with van der Waals surface area (Å²) in [6, 6.07) is 14.2. The summed E-state index contributed by atoms with van der Waals surface area (Å²) >= 11 is 0. The van der Waals surface area contributed by atoms with E-state index < -0.39 is 30.0 Å². The molecule has 4 aromatic carbocycles. The Morgan fingerprint density at radius 2 is 1.58 bits per heavy atom. The van der Waals surface area contributed by atoms with Crippen molar-refractivity contribution in [2.45, 2.75) is 42.4 Å². The van der Waals surface area contributed by atoms with Gasteiger partial charge in [-0.15, -0.1) is 0 Å². The van der Waals surface area contributed by atoms with E-state index in [0.29, 0.717) is 32.9 Å². The quantitative estimate of drug-likeness (QED) is 0.157. The maximum Gasteiger partial charge on any atom is 0.382 e. The smallest absolute Gasteiger partial charge is 0.382 e. The molecule has 10 nitrogen and oxygen atoms in total. The number of aryl methyl sites for hydroxylation is 2. The Bertz CT molecular complexity index is 2340. The maximum atomic E-state index is 12.7. The maximum absolute atomic E-state index is 12.7. The summed E-state index contributed by atoms with van der Waals surface area (Å²) in [5.41, 5.74) is 4.88. The standard InChI is InChI=1S/C31H26N2O8S2/c1-17(34)32-20-7-10-22-18(14-20)6-9-24-28(23-11-8-21(42(35,36)37)16-27(23)43(38,39)40)26-15-19-4-2-12-33-13-3-5-25(29(19)33)31(26)41-30(22)24/h6-11,14-16H,2-5,12-13H2,1H3,(H,35,36,37)(H,38,39,40)/p+1. The summed E-state index contributed by atoms with van der Waals surface area (Å²) in [5, 5.41) is 3.29. The Balaban J connectivity index is 1.68. The van der Waals surface area contributed by atoms with Crippen LogP contribution < -0.4 is 15.2 Å². The average molecular weight is 620 g/mol. The van der Waals surface area contributed by atoms with Crippen molar-refractivity contribution >= 4 is 64.5 Å². The van der Waals surface area contributed by atoms with Gasteiger partial charge in [-0.2, -0.15) is 21.8 Å². The molecule has 3 heterocycles. The SMILES string of the molecule is CC(=O)[NH+]=c1ccc2c(ccc3c(-c4ccc(S(=O)(=O)O)cc4S(=O)(=O)O)c4cc5c6c(c4oc32)CCCN6CCC5)c1. The van der Waals surface area contributed by atoms with Crippen LogP contribution in [0.2, 0.25) is 0 Å². The van der Waals surface area contributed by atoms with Gasteiger partial charge in [0.25, 0.3) is 20.2 Å². The van der Waals surface area contributed by atoms with Crippen molar-refractivity contribution < 1.29 is 40.1 Å². The lowest BCUT2D eigenvalue weighted by Gasteiger charge is -2.37. The number of nitrogens with zero attached hydrogens (tertiary/aromatic N) is 1. The summed E-state index contributed by atoms with van der Waals surface area (Å²) in [4.78, 5) is 15.5. The fourth-order valence-corrected chi connectivity index (χ4v) is 7.95. The van der Waals surface area contributed by atoms with E-state index in [0.717, 1.165) is 78.5 Å². The number of rotatable bonds is 3. The van der Waals surface area contributed by atoms with Gasteiger partial charge in [0, 0.05) is 63.8 Å². The monoisotopic (exact) mass is 619 g/mol. The van der Waals surface area contributed by atoms with Gasteiger partial charge >= 0.3 is 5.91 Å². The molecule has 1 aromatic heterocycles. The van der Waals surface area contributed by atoms with Crippen molar-refractivity contribution in [1.29, 1.82) is 0 Å². The summed E-state index contributed by atoms with van der Waals surface area (Å²) < 4.78 is 76.1. The molecule has 0 unspecified atom stereocenters. The second-order valence-electron chi connectivity index (χ2n) is 11.1. The highest BCUT2D eigenvalue weighted by Crippen LogP contribution is 2.47. The third kappa shape index (κ3) is 4.61. The number of nitrogens with one attached hydrogen (secondary N) is 1. The third-order valence-corrected chi connectivity index (χ3v) is 10.0. The largest absolute Gasteiger partial charge is 0.455 e. The average Bonchev–Trinajstić information content (AvgIpc) is 2.95. The first-order chi connectivity index (χ1) is 20.4. The fourth-order valence-electron chi connectivity index (χ4n) is 6.64. The summed E-state index contributed by atoms with van der Waals surface area (Å²) in [7, 11) is -9.71. The van der Waals surface area contributed by atoms with Gasteiger partial charge in [-0.05, 0) is 67.0 Å². The number of carbonyl (C=O) groups is 1. The molecular weight excluding hydrogens is 592 g/mol. The Hall–Kier alpha value is -4.10. The van der Waals surface area contributed by atoms with Gasteiger partial charge in [-0.1, -0.05) is 12.1 Å². The molecular formula is C31H27N2O8S2+. The molecule has 1 amide bonds. The molecule has 0 bridgehead atoms. The van der Waals surface area contributed by atoms with Crippen LogP contribution in [0.25, 0.3) is 43.8 Å². The van der Waals surface area contributed by atoms with Gasteiger partial charge in [0.2, 0.25) is 5.36 Å². The van der Waals surface area contributed by atoms with Crippen molar-refractivity contribution in [1.82, 2.24) is 0 Å². The minimum Gasteiger partial charge on any atom is -0.455 e. The lowest BCUT2D eigenvalue weighted by molar-refractivity contribution is -0.414. The molecule has 2 aliphatic rings. The van der Waals surface area contributed by atoms with Crippen LogP contribution in [0.3, 0.4) is 0 Å². The number of hydrogen-bond donors (Lipinski definition) is 3. The van der Waals surface area contributed by atoms with Crippen LogP contribution in [0, 0.1) is 0 Å². The van der Waals surface area contributed by atoms with E-state index >= 15 is 0 Å². The van der Waals surface area contributed by atoms with Crippen LogP contribution >= 0.6 is 0 Å². The van der Waals surface area contributed by atoms with Crippen molar-refractivity contribution in [2.75, 3.05) is 18.0 Å². The molecule has 0 saturated heterocycles. The zero-order valence-corrected chi connectivity index (χ0v) is 24.7. The minimum atomic E-state index is -4.95. The van der Waals surface area contributed by atoms with Gasteiger partial charge in [-0.3, -0.25) is 9.11 Å². The number of anilines is 1. The highest BCUT2D eigenvalue weighted by Gasteiger charge is 2.30. The van der Waals surface area contributed by atoms with Crippen LogP contribution in [0.4, 0.5) is 5.69 Å². The molecule has 7 rings (SSSR count). The lowest BCUT2D eigenvalue weighted by Crippen LogP contribution is -2.79. The highest BCUT2D eigenvalue weighted by atomic mass is 32.2. The van der Waals surface area contributed by atoms with Crippen molar-refractivity contribution in [2.24, 2.45) is 0 Å². The first-order valence-electron chi connectivity index (χ1n) is 13.8. The minimum absolute atomic E-state index is 0.0746. The summed E-state index contributed by atoms with van der Waals surface area (Å²) in [5.74, 6) is -0.211. The van der Waals surface area contributed by atoms with E-state index in [1.807, 2.05) is 24.3 Å². The van der Waals surface area contributed by atoms with Gasteiger partial charge in [0.1, 0.15) is 16.1 Å². The second kappa shape index (κ2) is 9.71. The van der Waals surface area contributed by atoms with Crippen LogP contribution in [-0.4, -0.2) is 44.9 Å². The predicted molar refractivity (Wildman–Crippen MR) is 160 cm³/mol. The third-order valence-electron chi connectivity index (χ3n) is 8.30. The number of carbonyl (C=O) groups excluding carboxylic acids is 1. The topological polar surface area (TPSA) is 156 Å². The van der Waals surface area contributed by atoms with Gasteiger partial charge < -0.3 is 9.32 Å². The van der Waals surface area contributed by atoms with E-state index in [2.05, 4.69) is 9.89 Å². The Kier molecular flexibility index (Phi) is 6.26. The zero-order chi connectivity index (χ0) is 30.3. The summed E-state index contributed by atoms with van der Waals surface area (Å²) in [6.07, 6.45) is 3.49. The van der Waals surface area contributed by atoms with Gasteiger partial charge in [-0.25, -0.2) is 4.79 Å². The van der Waals surface area contributed by atoms with Crippen molar-refractivity contribution in [3.05, 3.63) is 71.1 Å². The first-order valence-corrected chi connectivity index (χ1v) is 16.7. The fraction of sp³-hybridized carbons (Fsp3) is 0.226. The Labute approximate surface area is 246 Å². The zero-order valence-electron chi connectivity index (χ0n) is 23.0. The molecule has 0 atom stereocenters. The lowest BCUT2D eigenvalue weighted by atomic mass is 9.87. The molecule has 0 radical (unpaired) electrons. The Morgan fingerprint density at radius 3 is 2.30 bits per heavy atom. The molecule has 220 valence electrons. The second-order valence-corrected chi connectivity index (χ2v) is 13.9. The molecule has 0 spiro atoms. The number of fused-ring (bicyclic) bond motifs is 5. The van der Waals surface area contributed by atoms with Crippen molar-refractivity contribution in [3.63, 3.8) is 0 Å². The summed E-state index contributed by atoms with van der Waals surface area (Å²) in [6.45, 7) is 3.30. The van der Waals surface area contributed by atoms with E-state index in [4.69, 9.17) is 4.42 Å². The van der Waals surface area contributed by atoms with Crippen LogP contribution in [-0.2, 0) is 37.9 Å². The molecule has 0 saturated carbocycles. The van der Waals surface area contributed by atoms with Gasteiger partial charge in [0.05, 0.1) is 11.8 Å². The molecule has 43 heavy (non-hydrogen) atoms. The molecule has 3 N–H and O–H groups in total. The normalized spacial score (nSPS) is 15.8. The van der Waals surface area contributed by atoms with E-state index in [-0.39, 0.29) is 11.5 Å². The van der Waals surface area contributed by atoms with Crippen molar-refractivity contribution in [3.8, 4) is 11.1 Å². The Morgan fingerprint density at radius 1 is 0.837 bits per heavy atom. The predicted octanol–water partition coefficient (Wildman–Crippen LogP) is 3.13. The first kappa shape index (κ1) is 27.7. The van der Waals surface area contributed by atoms with E-state index in [9.17, 15) is 30.7 Å². The number of benzene rings is 4. The van der Waals surface area contributed by atoms with E-state index in [1.165, 1.54) is 13.0 Å². The molecule has 5 aromatic rings. The molecule has 0 fully saturated rings.